The van der Waals surface area contributed by atoms with E-state index in [2.05, 4.69) is 20.4 Å². The molecular formula is C19H22F4IN3O2. The molecule has 0 spiro atoms. The number of halogens is 5. The minimum Gasteiger partial charge on any atom is -0.405 e. The molecule has 0 fully saturated rings. The second-order valence-corrected chi connectivity index (χ2v) is 5.77. The Labute approximate surface area is 183 Å². The van der Waals surface area contributed by atoms with Crippen LogP contribution in [0.4, 0.5) is 17.6 Å². The van der Waals surface area contributed by atoms with Crippen LogP contribution in [0.3, 0.4) is 0 Å². The maximum atomic E-state index is 13.7. The zero-order valence-electron chi connectivity index (χ0n) is 15.5. The average molecular weight is 527 g/mol. The third-order valence-electron chi connectivity index (χ3n) is 3.68. The van der Waals surface area contributed by atoms with Crippen molar-refractivity contribution in [2.24, 2.45) is 4.99 Å². The molecule has 2 rings (SSSR count). The van der Waals surface area contributed by atoms with Crippen LogP contribution in [0.25, 0.3) is 0 Å². The number of rotatable bonds is 7. The number of benzene rings is 2. The summed E-state index contributed by atoms with van der Waals surface area (Å²) in [6.45, 7) is 2.18. The van der Waals surface area contributed by atoms with Gasteiger partial charge in [-0.15, -0.1) is 37.1 Å². The van der Waals surface area contributed by atoms with Crippen molar-refractivity contribution in [2.45, 2.75) is 25.9 Å². The molecule has 2 aromatic carbocycles. The molecule has 0 aliphatic carbocycles. The van der Waals surface area contributed by atoms with Crippen LogP contribution in [0, 0.1) is 5.82 Å². The lowest BCUT2D eigenvalue weighted by Gasteiger charge is -2.16. The van der Waals surface area contributed by atoms with Crippen LogP contribution in [-0.2, 0) is 6.54 Å². The molecule has 0 aliphatic rings. The summed E-state index contributed by atoms with van der Waals surface area (Å²) >= 11 is 0. The number of hydrogen-bond acceptors (Lipinski definition) is 3. The van der Waals surface area contributed by atoms with E-state index in [-0.39, 0.29) is 59.9 Å². The molecular weight excluding hydrogens is 505 g/mol. The third kappa shape index (κ3) is 8.44. The van der Waals surface area contributed by atoms with Crippen molar-refractivity contribution in [3.63, 3.8) is 0 Å². The van der Waals surface area contributed by atoms with Crippen molar-refractivity contribution in [1.29, 1.82) is 0 Å². The predicted molar refractivity (Wildman–Crippen MR) is 113 cm³/mol. The summed E-state index contributed by atoms with van der Waals surface area (Å²) in [5.74, 6) is -0.599. The molecule has 0 heterocycles. The highest BCUT2D eigenvalue weighted by atomic mass is 127. The number of guanidine groups is 1. The summed E-state index contributed by atoms with van der Waals surface area (Å²) in [6, 6.07) is 11.5. The molecule has 1 atom stereocenters. The number of nitrogens with one attached hydrogen (secondary N) is 2. The largest absolute Gasteiger partial charge is 0.573 e. The van der Waals surface area contributed by atoms with E-state index in [1.807, 2.05) is 6.92 Å². The zero-order chi connectivity index (χ0) is 20.6. The van der Waals surface area contributed by atoms with Crippen molar-refractivity contribution in [3.05, 3.63) is 65.5 Å². The highest BCUT2D eigenvalue weighted by Crippen LogP contribution is 2.26. The quantitative estimate of drug-likeness (QED) is 0.219. The molecule has 29 heavy (non-hydrogen) atoms. The first-order valence-electron chi connectivity index (χ1n) is 8.58. The maximum Gasteiger partial charge on any atom is 0.573 e. The lowest BCUT2D eigenvalue weighted by Crippen LogP contribution is -2.39. The fourth-order valence-corrected chi connectivity index (χ4v) is 2.41. The van der Waals surface area contributed by atoms with Gasteiger partial charge in [-0.25, -0.2) is 9.38 Å². The number of alkyl halides is 3. The lowest BCUT2D eigenvalue weighted by molar-refractivity contribution is -0.274. The molecule has 5 nitrogen and oxygen atoms in total. The molecule has 0 saturated heterocycles. The molecule has 0 amide bonds. The number of ether oxygens (including phenoxy) is 1. The van der Waals surface area contributed by atoms with Crippen LogP contribution in [0.5, 0.6) is 5.75 Å². The van der Waals surface area contributed by atoms with E-state index < -0.39 is 18.3 Å². The maximum absolute atomic E-state index is 13.7. The van der Waals surface area contributed by atoms with Gasteiger partial charge in [0.05, 0.1) is 12.6 Å². The molecule has 0 radical (unpaired) electrons. The van der Waals surface area contributed by atoms with Gasteiger partial charge in [-0.2, -0.15) is 0 Å². The molecule has 3 N–H and O–H groups in total. The average Bonchev–Trinajstić information content (AvgIpc) is 2.64. The number of aliphatic hydroxyl groups excluding tert-OH is 1. The Kier molecular flexibility index (Phi) is 10.2. The van der Waals surface area contributed by atoms with Crippen molar-refractivity contribution in [3.8, 4) is 5.75 Å². The first-order valence-corrected chi connectivity index (χ1v) is 8.58. The Morgan fingerprint density at radius 2 is 1.76 bits per heavy atom. The normalized spacial score (nSPS) is 12.7. The second-order valence-electron chi connectivity index (χ2n) is 5.77. The Balaban J connectivity index is 0.00000420. The molecule has 0 aromatic heterocycles. The van der Waals surface area contributed by atoms with Gasteiger partial charge in [0.2, 0.25) is 0 Å². The van der Waals surface area contributed by atoms with E-state index in [1.165, 1.54) is 36.4 Å². The summed E-state index contributed by atoms with van der Waals surface area (Å²) in [5, 5.41) is 15.9. The fourth-order valence-electron chi connectivity index (χ4n) is 2.41. The summed E-state index contributed by atoms with van der Waals surface area (Å²) in [7, 11) is 0. The minimum atomic E-state index is -4.80. The van der Waals surface area contributed by atoms with Gasteiger partial charge in [-0.3, -0.25) is 0 Å². The Hall–Kier alpha value is -2.08. The van der Waals surface area contributed by atoms with E-state index in [4.69, 9.17) is 0 Å². The summed E-state index contributed by atoms with van der Waals surface area (Å²) in [5.41, 5.74) is 0.376. The van der Waals surface area contributed by atoms with Crippen LogP contribution in [0.2, 0.25) is 0 Å². The number of para-hydroxylation sites is 1. The number of nitrogens with zero attached hydrogens (tertiary/aromatic N) is 1. The molecule has 1 unspecified atom stereocenters. The van der Waals surface area contributed by atoms with E-state index in [0.29, 0.717) is 6.54 Å². The topological polar surface area (TPSA) is 65.9 Å². The molecule has 0 saturated carbocycles. The van der Waals surface area contributed by atoms with Crippen molar-refractivity contribution in [2.75, 3.05) is 13.1 Å². The minimum absolute atomic E-state index is 0. The van der Waals surface area contributed by atoms with Crippen LogP contribution in [-0.4, -0.2) is 30.5 Å². The molecule has 0 aliphatic heterocycles. The second kappa shape index (κ2) is 11.8. The molecule has 160 valence electrons. The predicted octanol–water partition coefficient (Wildman–Crippen LogP) is 4.13. The molecule has 2 aromatic rings. The fraction of sp³-hybridized carbons (Fsp3) is 0.316. The number of aliphatic imine (C=N–C) groups is 1. The van der Waals surface area contributed by atoms with Gasteiger partial charge in [0.15, 0.2) is 5.96 Å². The lowest BCUT2D eigenvalue weighted by atomic mass is 10.1. The Morgan fingerprint density at radius 3 is 2.41 bits per heavy atom. The van der Waals surface area contributed by atoms with Crippen LogP contribution < -0.4 is 15.4 Å². The highest BCUT2D eigenvalue weighted by Gasteiger charge is 2.31. The van der Waals surface area contributed by atoms with Crippen LogP contribution in [0.1, 0.15) is 24.2 Å². The van der Waals surface area contributed by atoms with Gasteiger partial charge >= 0.3 is 6.36 Å². The van der Waals surface area contributed by atoms with E-state index in [0.717, 1.165) is 0 Å². The summed E-state index contributed by atoms with van der Waals surface area (Å²) in [4.78, 5) is 4.20. The smallest absolute Gasteiger partial charge is 0.405 e. The highest BCUT2D eigenvalue weighted by molar-refractivity contribution is 14.0. The first-order chi connectivity index (χ1) is 13.3. The van der Waals surface area contributed by atoms with E-state index in [9.17, 15) is 22.7 Å². The van der Waals surface area contributed by atoms with E-state index >= 15 is 0 Å². The van der Waals surface area contributed by atoms with E-state index in [1.54, 1.807) is 12.1 Å². The third-order valence-corrected chi connectivity index (χ3v) is 3.68. The standard InChI is InChI=1S/C19H21F4N3O2.HI/c1-2-24-18(26-12-16(27)14-8-4-5-9-15(14)20)25-11-13-7-3-6-10-17(13)28-19(21,22)23;/h3-10,16,27H,2,11-12H2,1H3,(H2,24,25,26);1H. The van der Waals surface area contributed by atoms with Gasteiger partial charge in [0.1, 0.15) is 11.6 Å². The van der Waals surface area contributed by atoms with Crippen LogP contribution >= 0.6 is 24.0 Å². The SMILES string of the molecule is CCNC(=NCc1ccccc1OC(F)(F)F)NCC(O)c1ccccc1F.I. The first kappa shape index (κ1) is 25.0. The summed E-state index contributed by atoms with van der Waals surface area (Å²) in [6.07, 6.45) is -5.92. The summed E-state index contributed by atoms with van der Waals surface area (Å²) < 4.78 is 55.2. The van der Waals surface area contributed by atoms with Gasteiger partial charge in [0, 0.05) is 24.2 Å². The van der Waals surface area contributed by atoms with Crippen molar-refractivity contribution in [1.82, 2.24) is 10.6 Å². The van der Waals surface area contributed by atoms with Crippen LogP contribution in [0.15, 0.2) is 53.5 Å². The number of hydrogen-bond donors (Lipinski definition) is 3. The van der Waals surface area contributed by atoms with Gasteiger partial charge in [-0.1, -0.05) is 36.4 Å². The van der Waals surface area contributed by atoms with Gasteiger partial charge < -0.3 is 20.5 Å². The molecule has 10 heteroatoms. The van der Waals surface area contributed by atoms with Gasteiger partial charge in [-0.05, 0) is 19.1 Å². The zero-order valence-corrected chi connectivity index (χ0v) is 17.9. The Morgan fingerprint density at radius 1 is 1.10 bits per heavy atom. The monoisotopic (exact) mass is 527 g/mol. The van der Waals surface area contributed by atoms with Gasteiger partial charge in [0.25, 0.3) is 0 Å². The molecule has 0 bridgehead atoms. The Bertz CT molecular complexity index is 803. The van der Waals surface area contributed by atoms with Crippen molar-refractivity contribution < 1.29 is 27.4 Å². The number of aliphatic hydroxyl groups is 1. The van der Waals surface area contributed by atoms with Crippen molar-refractivity contribution >= 4 is 29.9 Å².